The van der Waals surface area contributed by atoms with E-state index in [1.807, 2.05) is 0 Å². The number of halogens is 4. The lowest BCUT2D eigenvalue weighted by molar-refractivity contribution is -0.186. The number of aliphatic carboxylic acids is 1. The first kappa shape index (κ1) is 31.0. The molecule has 10 nitrogen and oxygen atoms in total. The summed E-state index contributed by atoms with van der Waals surface area (Å²) in [6, 6.07) is 0.00535. The topological polar surface area (TPSA) is 117 Å². The Bertz CT molecular complexity index is 1450. The number of carboxylic acid groups (broad SMARTS) is 1. The van der Waals surface area contributed by atoms with Crippen molar-refractivity contribution in [2.45, 2.75) is 51.2 Å². The van der Waals surface area contributed by atoms with Gasteiger partial charge in [-0.05, 0) is 33.3 Å². The number of carboxylic acids is 1. The number of fused-ring (bicyclic) bond motifs is 1. The summed E-state index contributed by atoms with van der Waals surface area (Å²) in [5.74, 6) is -7.32. The molecule has 0 amide bonds. The van der Waals surface area contributed by atoms with E-state index in [9.17, 15) is 19.1 Å². The van der Waals surface area contributed by atoms with Crippen molar-refractivity contribution >= 4 is 29.1 Å². The smallest absolute Gasteiger partial charge is 0.338 e. The zero-order valence-corrected chi connectivity index (χ0v) is 24.5. The Kier molecular flexibility index (Phi) is 8.62. The first-order valence-electron chi connectivity index (χ1n) is 13.7. The van der Waals surface area contributed by atoms with E-state index in [0.717, 1.165) is 11.1 Å². The second-order valence-electron chi connectivity index (χ2n) is 11.2. The molecule has 0 unspecified atom stereocenters. The number of rotatable bonds is 10. The van der Waals surface area contributed by atoms with Gasteiger partial charge < -0.3 is 15.2 Å². The molecular formula is C28H31F4N5O5S. The highest BCUT2D eigenvalue weighted by atomic mass is 32.1. The largest absolute Gasteiger partial charge is 0.481 e. The molecule has 232 valence electrons. The average Bonchev–Trinajstić information content (AvgIpc) is 3.68. The molecule has 1 aromatic heterocycles. The molecule has 3 atom stereocenters. The van der Waals surface area contributed by atoms with Crippen LogP contribution in [0.2, 0.25) is 0 Å². The number of ether oxygens (including phenoxy) is 1. The first-order chi connectivity index (χ1) is 20.3. The number of amidine groups is 1. The lowest BCUT2D eigenvalue weighted by Crippen LogP contribution is -2.46. The molecule has 4 heterocycles. The van der Waals surface area contributed by atoms with Crippen LogP contribution in [-0.2, 0) is 19.2 Å². The van der Waals surface area contributed by atoms with Crippen LogP contribution in [-0.4, -0.2) is 88.7 Å². The number of alkyl halides is 2. The van der Waals surface area contributed by atoms with Gasteiger partial charge in [-0.2, -0.15) is 5.06 Å². The highest BCUT2D eigenvalue weighted by molar-refractivity contribution is 7.11. The van der Waals surface area contributed by atoms with Gasteiger partial charge >= 0.3 is 11.9 Å². The molecule has 2 saturated heterocycles. The zero-order chi connectivity index (χ0) is 31.1. The zero-order valence-electron chi connectivity index (χ0n) is 23.7. The second kappa shape index (κ2) is 11.9. The van der Waals surface area contributed by atoms with E-state index in [-0.39, 0.29) is 55.4 Å². The van der Waals surface area contributed by atoms with Gasteiger partial charge in [0.25, 0.3) is 5.92 Å². The fourth-order valence-corrected chi connectivity index (χ4v) is 6.05. The molecule has 5 rings (SSSR count). The number of hydrogen-bond donors (Lipinski definition) is 2. The van der Waals surface area contributed by atoms with Crippen molar-refractivity contribution in [1.29, 1.82) is 0 Å². The minimum absolute atomic E-state index is 0.0271. The standard InChI is InChI=1S/C28H31F4N5O5S/c1-4-41-25(38)19-17(34-23(24-33-9-11-43-24)35-21(19)15-6-5-7-16(29)20(15)30)12-36-14-28(31,32)22-18(36)13-42-37(22)10-8-27(2,3)26(39)40/h5-7,9,11,18,21-22H,4,8,10,12-14H2,1-3H3,(H,34,35)(H,39,40)/t18-,21+,22+/m1/s1. The number of carbonyl (C=O) groups is 2. The van der Waals surface area contributed by atoms with Gasteiger partial charge in [-0.15, -0.1) is 11.3 Å². The Labute approximate surface area is 249 Å². The number of benzene rings is 1. The molecule has 3 aliphatic heterocycles. The molecule has 2 fully saturated rings. The van der Waals surface area contributed by atoms with Gasteiger partial charge in [0, 0.05) is 35.9 Å². The third-order valence-electron chi connectivity index (χ3n) is 7.83. The Morgan fingerprint density at radius 2 is 2.07 bits per heavy atom. The van der Waals surface area contributed by atoms with Gasteiger partial charge in [-0.1, -0.05) is 12.1 Å². The Hall–Kier alpha value is -3.40. The van der Waals surface area contributed by atoms with Crippen molar-refractivity contribution in [3.05, 3.63) is 63.3 Å². The Morgan fingerprint density at radius 3 is 2.74 bits per heavy atom. The minimum atomic E-state index is -3.24. The number of nitrogens with one attached hydrogen (secondary N) is 1. The van der Waals surface area contributed by atoms with E-state index in [2.05, 4.69) is 15.3 Å². The molecule has 0 bridgehead atoms. The summed E-state index contributed by atoms with van der Waals surface area (Å²) in [5.41, 5.74) is -1.38. The van der Waals surface area contributed by atoms with Crippen molar-refractivity contribution in [3.63, 3.8) is 0 Å². The molecule has 0 aliphatic carbocycles. The third-order valence-corrected chi connectivity index (χ3v) is 8.61. The average molecular weight is 626 g/mol. The molecule has 3 aliphatic rings. The van der Waals surface area contributed by atoms with Gasteiger partial charge in [0.05, 0.1) is 36.8 Å². The number of thiazole rings is 1. The number of aliphatic imine (C=N–C) groups is 1. The van der Waals surface area contributed by atoms with Crippen LogP contribution in [0.25, 0.3) is 0 Å². The van der Waals surface area contributed by atoms with E-state index < -0.39 is 59.6 Å². The van der Waals surface area contributed by atoms with Crippen LogP contribution in [0.5, 0.6) is 0 Å². The third kappa shape index (κ3) is 6.03. The SMILES string of the molecule is CCOC(=O)C1=C(CN2CC(F)(F)[C@@H]3[C@H]2CON3CCC(C)(C)C(=O)O)NC(c2nccs2)=N[C@H]1c1cccc(F)c1F. The Morgan fingerprint density at radius 1 is 1.30 bits per heavy atom. The second-order valence-corrected chi connectivity index (χ2v) is 12.0. The van der Waals surface area contributed by atoms with Gasteiger partial charge in [0.1, 0.15) is 12.1 Å². The van der Waals surface area contributed by atoms with E-state index in [1.54, 1.807) is 12.3 Å². The molecular weight excluding hydrogens is 594 g/mol. The van der Waals surface area contributed by atoms with Crippen LogP contribution in [0.4, 0.5) is 17.6 Å². The maximum absolute atomic E-state index is 15.5. The molecule has 0 radical (unpaired) electrons. The number of nitrogens with zero attached hydrogens (tertiary/aromatic N) is 4. The number of hydroxylamine groups is 2. The fourth-order valence-electron chi connectivity index (χ4n) is 5.47. The number of hydrogen-bond acceptors (Lipinski definition) is 10. The van der Waals surface area contributed by atoms with Crippen LogP contribution in [0.15, 0.2) is 46.0 Å². The van der Waals surface area contributed by atoms with Crippen LogP contribution < -0.4 is 5.32 Å². The predicted octanol–water partition coefficient (Wildman–Crippen LogP) is 3.77. The summed E-state index contributed by atoms with van der Waals surface area (Å²) in [6.45, 7) is 3.55. The quantitative estimate of drug-likeness (QED) is 0.301. The van der Waals surface area contributed by atoms with Crippen molar-refractivity contribution in [1.82, 2.24) is 20.3 Å². The maximum atomic E-state index is 15.5. The fraction of sp³-hybridized carbons (Fsp3) is 0.500. The molecule has 2 aromatic rings. The van der Waals surface area contributed by atoms with Crippen molar-refractivity contribution in [2.24, 2.45) is 10.4 Å². The van der Waals surface area contributed by atoms with E-state index in [1.165, 1.54) is 48.4 Å². The lowest BCUT2D eigenvalue weighted by Gasteiger charge is -2.30. The van der Waals surface area contributed by atoms with Gasteiger partial charge in [-0.3, -0.25) is 19.5 Å². The number of carbonyl (C=O) groups excluding carboxylic acids is 1. The van der Waals surface area contributed by atoms with Crippen molar-refractivity contribution < 1.29 is 41.8 Å². The lowest BCUT2D eigenvalue weighted by atomic mass is 9.89. The normalized spacial score (nSPS) is 24.1. The predicted molar refractivity (Wildman–Crippen MR) is 147 cm³/mol. The van der Waals surface area contributed by atoms with Gasteiger partial charge in [0.15, 0.2) is 22.5 Å². The number of esters is 1. The van der Waals surface area contributed by atoms with Crippen LogP contribution in [0.3, 0.4) is 0 Å². The van der Waals surface area contributed by atoms with Crippen LogP contribution in [0, 0.1) is 17.0 Å². The van der Waals surface area contributed by atoms with Crippen LogP contribution in [0.1, 0.15) is 43.8 Å². The molecule has 1 aromatic carbocycles. The monoisotopic (exact) mass is 625 g/mol. The summed E-state index contributed by atoms with van der Waals surface area (Å²) in [6.07, 6.45) is 1.60. The molecule has 43 heavy (non-hydrogen) atoms. The summed E-state index contributed by atoms with van der Waals surface area (Å²) >= 11 is 1.21. The Balaban J connectivity index is 1.51. The van der Waals surface area contributed by atoms with E-state index in [0.29, 0.717) is 5.01 Å². The molecule has 2 N–H and O–H groups in total. The highest BCUT2D eigenvalue weighted by Gasteiger charge is 2.61. The van der Waals surface area contributed by atoms with Crippen LogP contribution >= 0.6 is 11.3 Å². The van der Waals surface area contributed by atoms with Gasteiger partial charge in [-0.25, -0.2) is 27.3 Å². The minimum Gasteiger partial charge on any atom is -0.481 e. The highest BCUT2D eigenvalue weighted by Crippen LogP contribution is 2.42. The number of likely N-dealkylation sites (tertiary alicyclic amines) is 1. The van der Waals surface area contributed by atoms with Crippen molar-refractivity contribution in [3.8, 4) is 0 Å². The van der Waals surface area contributed by atoms with Crippen molar-refractivity contribution in [2.75, 3.05) is 32.8 Å². The van der Waals surface area contributed by atoms with Gasteiger partial charge in [0.2, 0.25) is 0 Å². The summed E-state index contributed by atoms with van der Waals surface area (Å²) in [4.78, 5) is 40.7. The molecule has 0 spiro atoms. The molecule has 0 saturated carbocycles. The summed E-state index contributed by atoms with van der Waals surface area (Å²) < 4.78 is 65.8. The summed E-state index contributed by atoms with van der Waals surface area (Å²) in [7, 11) is 0. The van der Waals surface area contributed by atoms with E-state index in [4.69, 9.17) is 9.57 Å². The summed E-state index contributed by atoms with van der Waals surface area (Å²) in [5, 5.41) is 15.7. The molecule has 15 heteroatoms. The number of aromatic nitrogens is 1. The maximum Gasteiger partial charge on any atom is 0.338 e. The first-order valence-corrected chi connectivity index (χ1v) is 14.6. The van der Waals surface area contributed by atoms with E-state index >= 15 is 13.2 Å².